The Balaban J connectivity index is 1.35. The lowest BCUT2D eigenvalue weighted by atomic mass is 9.96. The minimum absolute atomic E-state index is 0.00990. The third kappa shape index (κ3) is 4.57. The lowest BCUT2D eigenvalue weighted by molar-refractivity contribution is 0.00446. The van der Waals surface area contributed by atoms with Gasteiger partial charge in [-0.3, -0.25) is 4.98 Å². The zero-order valence-electron chi connectivity index (χ0n) is 21.1. The van der Waals surface area contributed by atoms with Crippen LogP contribution in [0.4, 0.5) is 11.8 Å². The van der Waals surface area contributed by atoms with Gasteiger partial charge in [0.05, 0.1) is 52.0 Å². The van der Waals surface area contributed by atoms with Gasteiger partial charge < -0.3 is 30.7 Å². The minimum atomic E-state index is -1.02. The fraction of sp³-hybridized carbons (Fsp3) is 0.615. The molecule has 0 amide bonds. The summed E-state index contributed by atoms with van der Waals surface area (Å²) in [6.07, 6.45) is 5.76. The monoisotopic (exact) mass is 526 g/mol. The van der Waals surface area contributed by atoms with Crippen molar-refractivity contribution in [2.45, 2.75) is 82.3 Å². The molecular weight excluding hydrogens is 492 g/mol. The van der Waals surface area contributed by atoms with Crippen LogP contribution in [0.25, 0.3) is 20.8 Å². The Morgan fingerprint density at radius 1 is 1.08 bits per heavy atom. The van der Waals surface area contributed by atoms with Gasteiger partial charge in [-0.2, -0.15) is 4.98 Å². The Morgan fingerprint density at radius 3 is 2.62 bits per heavy atom. The van der Waals surface area contributed by atoms with Gasteiger partial charge in [-0.1, -0.05) is 12.8 Å². The number of nitrogens with one attached hydrogen (secondary N) is 2. The van der Waals surface area contributed by atoms with Crippen molar-refractivity contribution in [3.8, 4) is 10.6 Å². The van der Waals surface area contributed by atoms with Crippen LogP contribution in [0, 0.1) is 19.8 Å². The molecule has 5 N–H and O–H groups in total. The van der Waals surface area contributed by atoms with Gasteiger partial charge >= 0.3 is 0 Å². The van der Waals surface area contributed by atoms with E-state index in [4.69, 9.17) is 19.7 Å². The molecular formula is C26H34N6O4S. The molecule has 5 atom stereocenters. The van der Waals surface area contributed by atoms with Crippen molar-refractivity contribution in [3.05, 3.63) is 23.7 Å². The highest BCUT2D eigenvalue weighted by molar-refractivity contribution is 7.21. The van der Waals surface area contributed by atoms with E-state index in [1.54, 1.807) is 17.5 Å². The van der Waals surface area contributed by atoms with Crippen molar-refractivity contribution in [3.63, 3.8) is 0 Å². The van der Waals surface area contributed by atoms with Crippen LogP contribution in [0.3, 0.4) is 0 Å². The number of aliphatic hydroxyl groups excluding tert-OH is 3. The summed E-state index contributed by atoms with van der Waals surface area (Å²) in [5.41, 5.74) is 3.20. The Labute approximate surface area is 219 Å². The molecule has 1 aliphatic heterocycles. The Bertz CT molecular complexity index is 1300. The van der Waals surface area contributed by atoms with Gasteiger partial charge in [0, 0.05) is 18.7 Å². The number of ether oxygens (including phenoxy) is 1. The van der Waals surface area contributed by atoms with Crippen LogP contribution in [0.1, 0.15) is 49.9 Å². The van der Waals surface area contributed by atoms with Crippen molar-refractivity contribution in [2.24, 2.45) is 5.92 Å². The summed E-state index contributed by atoms with van der Waals surface area (Å²) in [5.74, 6) is 0.646. The number of pyridine rings is 1. The zero-order chi connectivity index (χ0) is 25.7. The minimum Gasteiger partial charge on any atom is -0.396 e. The van der Waals surface area contributed by atoms with Gasteiger partial charge in [0.25, 0.3) is 0 Å². The quantitative estimate of drug-likeness (QED) is 0.325. The van der Waals surface area contributed by atoms with Crippen LogP contribution in [0.5, 0.6) is 0 Å². The molecule has 1 unspecified atom stereocenters. The number of aryl methyl sites for hydroxylation is 2. The average molecular weight is 527 g/mol. The zero-order valence-corrected chi connectivity index (χ0v) is 22.0. The maximum atomic E-state index is 10.7. The highest BCUT2D eigenvalue weighted by atomic mass is 32.1. The number of hydrogen-bond acceptors (Lipinski definition) is 11. The molecule has 198 valence electrons. The highest BCUT2D eigenvalue weighted by Gasteiger charge is 2.43. The fourth-order valence-corrected chi connectivity index (χ4v) is 7.31. The number of rotatable bonds is 6. The van der Waals surface area contributed by atoms with E-state index in [1.807, 2.05) is 19.9 Å². The second kappa shape index (κ2) is 9.70. The number of anilines is 2. The van der Waals surface area contributed by atoms with E-state index in [0.717, 1.165) is 51.4 Å². The SMILES string of the molecule is Cc1nc(NC2COC3(CCCC3)C2)nc(N[C@@H]2C[C@H](CO)[C@@H](O)[C@H]2O)c1-c1nc2c(C)nccc2s1. The molecule has 4 heterocycles. The van der Waals surface area contributed by atoms with Crippen LogP contribution < -0.4 is 10.6 Å². The maximum Gasteiger partial charge on any atom is 0.225 e. The van der Waals surface area contributed by atoms with Crippen molar-refractivity contribution in [2.75, 3.05) is 23.8 Å². The Hall–Kier alpha value is -2.44. The van der Waals surface area contributed by atoms with Crippen LogP contribution in [-0.2, 0) is 4.74 Å². The summed E-state index contributed by atoms with van der Waals surface area (Å²) >= 11 is 1.55. The van der Waals surface area contributed by atoms with E-state index in [-0.39, 0.29) is 18.2 Å². The fourth-order valence-electron chi connectivity index (χ4n) is 6.20. The lowest BCUT2D eigenvalue weighted by Crippen LogP contribution is -2.36. The molecule has 0 aromatic carbocycles. The Kier molecular flexibility index (Phi) is 6.52. The van der Waals surface area contributed by atoms with Crippen LogP contribution in [-0.4, -0.2) is 78.4 Å². The summed E-state index contributed by atoms with van der Waals surface area (Å²) in [5, 5.41) is 38.4. The first kappa shape index (κ1) is 24.9. The molecule has 2 saturated carbocycles. The summed E-state index contributed by atoms with van der Waals surface area (Å²) in [6.45, 7) is 4.31. The second-order valence-electron chi connectivity index (χ2n) is 10.8. The summed E-state index contributed by atoms with van der Waals surface area (Å²) in [7, 11) is 0. The normalized spacial score (nSPS) is 28.9. The first-order valence-electron chi connectivity index (χ1n) is 13.1. The predicted molar refractivity (Wildman–Crippen MR) is 142 cm³/mol. The van der Waals surface area contributed by atoms with Crippen molar-refractivity contribution < 1.29 is 20.1 Å². The average Bonchev–Trinajstić information content (AvgIpc) is 3.65. The first-order valence-corrected chi connectivity index (χ1v) is 13.9. The van der Waals surface area contributed by atoms with Crippen molar-refractivity contribution >= 4 is 33.3 Å². The van der Waals surface area contributed by atoms with Gasteiger partial charge in [-0.15, -0.1) is 11.3 Å². The van der Waals surface area contributed by atoms with Crippen molar-refractivity contribution in [1.29, 1.82) is 0 Å². The predicted octanol–water partition coefficient (Wildman–Crippen LogP) is 2.79. The summed E-state index contributed by atoms with van der Waals surface area (Å²) in [4.78, 5) is 18.9. The number of hydrogen-bond donors (Lipinski definition) is 5. The van der Waals surface area contributed by atoms with E-state index in [9.17, 15) is 15.3 Å². The second-order valence-corrected chi connectivity index (χ2v) is 11.8. The van der Waals surface area contributed by atoms with Gasteiger partial charge in [-0.05, 0) is 45.6 Å². The molecule has 11 heteroatoms. The molecule has 3 aromatic rings. The van der Waals surface area contributed by atoms with Gasteiger partial charge in [0.1, 0.15) is 22.4 Å². The van der Waals surface area contributed by atoms with Crippen molar-refractivity contribution in [1.82, 2.24) is 19.9 Å². The number of aromatic nitrogens is 4. The number of thiazole rings is 1. The van der Waals surface area contributed by atoms with Gasteiger partial charge in [-0.25, -0.2) is 9.97 Å². The standard InChI is InChI=1S/C26H34N6O4S/c1-13-19(24-31-20-14(2)27-8-5-18(20)37-24)23(30-17-9-15(11-33)21(34)22(17)35)32-25(28-13)29-16-10-26(36-12-16)6-3-4-7-26/h5,8,15-17,21-22,33-35H,3-4,6-7,9-12H2,1-2H3,(H2,28,29,30,32)/t15-,16?,17-,21-,22+/m1/s1. The molecule has 3 aromatic heterocycles. The van der Waals surface area contributed by atoms with E-state index in [1.165, 1.54) is 12.8 Å². The third-order valence-corrected chi connectivity index (χ3v) is 9.25. The Morgan fingerprint density at radius 2 is 1.89 bits per heavy atom. The van der Waals surface area contributed by atoms with E-state index >= 15 is 0 Å². The van der Waals surface area contributed by atoms with Crippen LogP contribution in [0.2, 0.25) is 0 Å². The van der Waals surface area contributed by atoms with Gasteiger partial charge in [0.2, 0.25) is 5.95 Å². The van der Waals surface area contributed by atoms with E-state index < -0.39 is 24.2 Å². The first-order chi connectivity index (χ1) is 17.9. The van der Waals surface area contributed by atoms with Gasteiger partial charge in [0.15, 0.2) is 0 Å². The lowest BCUT2D eigenvalue weighted by Gasteiger charge is -2.22. The smallest absolute Gasteiger partial charge is 0.225 e. The molecule has 0 bridgehead atoms. The molecule has 6 rings (SSSR count). The maximum absolute atomic E-state index is 10.7. The molecule has 2 aliphatic carbocycles. The number of fused-ring (bicyclic) bond motifs is 1. The third-order valence-electron chi connectivity index (χ3n) is 8.21. The highest BCUT2D eigenvalue weighted by Crippen LogP contribution is 2.42. The molecule has 3 fully saturated rings. The van der Waals surface area contributed by atoms with Crippen LogP contribution >= 0.6 is 11.3 Å². The molecule has 3 aliphatic rings. The molecule has 0 radical (unpaired) electrons. The summed E-state index contributed by atoms with van der Waals surface area (Å²) < 4.78 is 7.23. The molecule has 10 nitrogen and oxygen atoms in total. The van der Waals surface area contributed by atoms with Crippen LogP contribution in [0.15, 0.2) is 12.3 Å². The molecule has 1 saturated heterocycles. The number of aliphatic hydroxyl groups is 3. The van der Waals surface area contributed by atoms with E-state index in [2.05, 4.69) is 15.6 Å². The molecule has 37 heavy (non-hydrogen) atoms. The largest absolute Gasteiger partial charge is 0.396 e. The molecule has 1 spiro atoms. The topological polar surface area (TPSA) is 146 Å². The van der Waals surface area contributed by atoms with E-state index in [0.29, 0.717) is 24.8 Å². The summed E-state index contributed by atoms with van der Waals surface area (Å²) in [6, 6.07) is 1.61. The number of nitrogens with zero attached hydrogens (tertiary/aromatic N) is 4.